The highest BCUT2D eigenvalue weighted by molar-refractivity contribution is 7.88. The van der Waals surface area contributed by atoms with Crippen molar-refractivity contribution in [2.45, 2.75) is 25.7 Å². The number of nitrogens with one attached hydrogen (secondary N) is 1. The minimum Gasteiger partial charge on any atom is -0.372 e. The molecule has 0 saturated carbocycles. The predicted molar refractivity (Wildman–Crippen MR) is 95.7 cm³/mol. The molecular weight excluding hydrogens is 326 g/mol. The monoisotopic (exact) mass is 351 g/mol. The van der Waals surface area contributed by atoms with Gasteiger partial charge >= 0.3 is 0 Å². The number of carbonyl (C=O) groups is 1. The second-order valence-corrected chi connectivity index (χ2v) is 8.67. The number of piperidine rings is 1. The van der Waals surface area contributed by atoms with Crippen LogP contribution in [-0.4, -0.2) is 51.1 Å². The van der Waals surface area contributed by atoms with E-state index in [0.717, 1.165) is 31.6 Å². The van der Waals surface area contributed by atoms with Crippen LogP contribution in [0.1, 0.15) is 25.7 Å². The Morgan fingerprint density at radius 3 is 2.38 bits per heavy atom. The molecule has 0 aliphatic carbocycles. The lowest BCUT2D eigenvalue weighted by atomic mass is 9.98. The third-order valence-corrected chi connectivity index (χ3v) is 6.10. The molecule has 7 heteroatoms. The molecule has 0 bridgehead atoms. The number of rotatable bonds is 4. The first-order valence-electron chi connectivity index (χ1n) is 8.54. The molecule has 0 unspecified atom stereocenters. The van der Waals surface area contributed by atoms with Gasteiger partial charge in [0.15, 0.2) is 0 Å². The molecule has 3 rings (SSSR count). The number of nitrogens with zero attached hydrogens (tertiary/aromatic N) is 2. The molecular formula is C17H25N3O3S. The summed E-state index contributed by atoms with van der Waals surface area (Å²) in [5.74, 6) is -0.385. The number of carbonyl (C=O) groups excluding carboxylic acids is 1. The lowest BCUT2D eigenvalue weighted by Crippen LogP contribution is -2.43. The summed E-state index contributed by atoms with van der Waals surface area (Å²) in [7, 11) is -3.23. The van der Waals surface area contributed by atoms with Crippen molar-refractivity contribution >= 4 is 27.3 Å². The van der Waals surface area contributed by atoms with E-state index in [4.69, 9.17) is 0 Å². The van der Waals surface area contributed by atoms with Crippen molar-refractivity contribution in [2.75, 3.05) is 42.7 Å². The summed E-state index contributed by atoms with van der Waals surface area (Å²) in [6.07, 6.45) is 5.11. The van der Waals surface area contributed by atoms with Gasteiger partial charge in [-0.1, -0.05) is 0 Å². The summed E-state index contributed by atoms with van der Waals surface area (Å²) in [5.41, 5.74) is 1.95. The van der Waals surface area contributed by atoms with E-state index in [1.54, 1.807) is 0 Å². The van der Waals surface area contributed by atoms with E-state index in [1.807, 2.05) is 24.3 Å². The van der Waals surface area contributed by atoms with Crippen LogP contribution in [0, 0.1) is 5.92 Å². The van der Waals surface area contributed by atoms with Gasteiger partial charge in [0.2, 0.25) is 15.9 Å². The molecule has 1 atom stereocenters. The van der Waals surface area contributed by atoms with Crippen molar-refractivity contribution in [2.24, 2.45) is 5.92 Å². The van der Waals surface area contributed by atoms with Gasteiger partial charge in [-0.25, -0.2) is 12.7 Å². The summed E-state index contributed by atoms with van der Waals surface area (Å²) in [5, 5.41) is 2.92. The van der Waals surface area contributed by atoms with Gasteiger partial charge in [-0.2, -0.15) is 0 Å². The smallest absolute Gasteiger partial charge is 0.228 e. The van der Waals surface area contributed by atoms with Crippen LogP contribution < -0.4 is 10.2 Å². The summed E-state index contributed by atoms with van der Waals surface area (Å²) in [6, 6.07) is 7.90. The Labute approximate surface area is 143 Å². The van der Waals surface area contributed by atoms with E-state index in [0.29, 0.717) is 6.54 Å². The Morgan fingerprint density at radius 2 is 1.75 bits per heavy atom. The number of anilines is 2. The van der Waals surface area contributed by atoms with Crippen molar-refractivity contribution in [1.82, 2.24) is 4.31 Å². The Hall–Kier alpha value is -1.60. The largest absolute Gasteiger partial charge is 0.372 e. The second-order valence-electron chi connectivity index (χ2n) is 6.69. The Balaban J connectivity index is 1.60. The Morgan fingerprint density at radius 1 is 1.08 bits per heavy atom. The van der Waals surface area contributed by atoms with Crippen LogP contribution in [0.15, 0.2) is 24.3 Å². The maximum Gasteiger partial charge on any atom is 0.228 e. The molecule has 1 aromatic rings. The van der Waals surface area contributed by atoms with Crippen molar-refractivity contribution in [1.29, 1.82) is 0 Å². The zero-order chi connectivity index (χ0) is 17.2. The van der Waals surface area contributed by atoms with E-state index in [2.05, 4.69) is 10.2 Å². The van der Waals surface area contributed by atoms with Gasteiger partial charge in [0.1, 0.15) is 0 Å². The van der Waals surface area contributed by atoms with Crippen molar-refractivity contribution < 1.29 is 13.2 Å². The van der Waals surface area contributed by atoms with Crippen LogP contribution in [0.4, 0.5) is 11.4 Å². The molecule has 132 valence electrons. The van der Waals surface area contributed by atoms with E-state index < -0.39 is 10.0 Å². The lowest BCUT2D eigenvalue weighted by Gasteiger charge is -2.30. The highest BCUT2D eigenvalue weighted by atomic mass is 32.2. The van der Waals surface area contributed by atoms with Crippen LogP contribution in [0.3, 0.4) is 0 Å². The molecule has 6 nitrogen and oxygen atoms in total. The molecule has 2 fully saturated rings. The second kappa shape index (κ2) is 7.11. The SMILES string of the molecule is CS(=O)(=O)N1CCC[C@@H](C(=O)Nc2ccc(N3CCCC3)cc2)C1. The summed E-state index contributed by atoms with van der Waals surface area (Å²) >= 11 is 0. The van der Waals surface area contributed by atoms with Crippen LogP contribution in [-0.2, 0) is 14.8 Å². The van der Waals surface area contributed by atoms with Crippen LogP contribution in [0.25, 0.3) is 0 Å². The van der Waals surface area contributed by atoms with Gasteiger partial charge in [0.25, 0.3) is 0 Å². The first-order valence-corrected chi connectivity index (χ1v) is 10.4. The molecule has 24 heavy (non-hydrogen) atoms. The number of hydrogen-bond donors (Lipinski definition) is 1. The quantitative estimate of drug-likeness (QED) is 0.899. The fourth-order valence-corrected chi connectivity index (χ4v) is 4.34. The average Bonchev–Trinajstić information content (AvgIpc) is 3.09. The molecule has 1 aromatic carbocycles. The topological polar surface area (TPSA) is 69.7 Å². The van der Waals surface area contributed by atoms with E-state index >= 15 is 0 Å². The average molecular weight is 351 g/mol. The number of benzene rings is 1. The number of amides is 1. The minimum atomic E-state index is -3.23. The van der Waals surface area contributed by atoms with Crippen LogP contribution >= 0.6 is 0 Å². The fraction of sp³-hybridized carbons (Fsp3) is 0.588. The first-order chi connectivity index (χ1) is 11.4. The van der Waals surface area contributed by atoms with E-state index in [1.165, 1.54) is 29.1 Å². The molecule has 0 spiro atoms. The molecule has 1 amide bonds. The van der Waals surface area contributed by atoms with Crippen LogP contribution in [0.5, 0.6) is 0 Å². The molecule has 2 heterocycles. The highest BCUT2D eigenvalue weighted by Crippen LogP contribution is 2.24. The summed E-state index contributed by atoms with van der Waals surface area (Å²) in [4.78, 5) is 14.8. The summed E-state index contributed by atoms with van der Waals surface area (Å²) < 4.78 is 24.7. The van der Waals surface area contributed by atoms with Crippen LogP contribution in [0.2, 0.25) is 0 Å². The van der Waals surface area contributed by atoms with Gasteiger partial charge in [-0.15, -0.1) is 0 Å². The lowest BCUT2D eigenvalue weighted by molar-refractivity contribution is -0.120. The predicted octanol–water partition coefficient (Wildman–Crippen LogP) is 1.90. The molecule has 0 aromatic heterocycles. The molecule has 2 aliphatic rings. The maximum atomic E-state index is 12.4. The molecule has 2 aliphatic heterocycles. The normalized spacial score (nSPS) is 22.5. The highest BCUT2D eigenvalue weighted by Gasteiger charge is 2.30. The van der Waals surface area contributed by atoms with Gasteiger partial charge in [-0.05, 0) is 49.9 Å². The van der Waals surface area contributed by atoms with Crippen molar-refractivity contribution in [3.63, 3.8) is 0 Å². The van der Waals surface area contributed by atoms with Gasteiger partial charge < -0.3 is 10.2 Å². The Kier molecular flexibility index (Phi) is 5.10. The van der Waals surface area contributed by atoms with E-state index in [-0.39, 0.29) is 18.4 Å². The number of hydrogen-bond acceptors (Lipinski definition) is 4. The first kappa shape index (κ1) is 17.2. The van der Waals surface area contributed by atoms with Gasteiger partial charge in [0.05, 0.1) is 12.2 Å². The van der Waals surface area contributed by atoms with E-state index in [9.17, 15) is 13.2 Å². The third-order valence-electron chi connectivity index (χ3n) is 4.83. The van der Waals surface area contributed by atoms with Crippen molar-refractivity contribution in [3.8, 4) is 0 Å². The number of sulfonamides is 1. The van der Waals surface area contributed by atoms with Gasteiger partial charge in [-0.3, -0.25) is 4.79 Å². The molecule has 1 N–H and O–H groups in total. The zero-order valence-corrected chi connectivity index (χ0v) is 14.9. The minimum absolute atomic E-state index is 0.0997. The zero-order valence-electron chi connectivity index (χ0n) is 14.1. The van der Waals surface area contributed by atoms with Crippen molar-refractivity contribution in [3.05, 3.63) is 24.3 Å². The Bertz CT molecular complexity index is 682. The third kappa shape index (κ3) is 4.08. The fourth-order valence-electron chi connectivity index (χ4n) is 3.43. The molecule has 2 saturated heterocycles. The molecule has 0 radical (unpaired) electrons. The maximum absolute atomic E-state index is 12.4. The summed E-state index contributed by atoms with van der Waals surface area (Å²) in [6.45, 7) is 2.97. The van der Waals surface area contributed by atoms with Gasteiger partial charge in [0, 0.05) is 37.6 Å². The standard InChI is InChI=1S/C17H25N3O3S/c1-24(22,23)20-12-4-5-14(13-20)17(21)18-15-6-8-16(9-7-15)19-10-2-3-11-19/h6-9,14H,2-5,10-13H2,1H3,(H,18,21)/t14-/m1/s1.